The van der Waals surface area contributed by atoms with Crippen molar-refractivity contribution in [3.05, 3.63) is 29.3 Å². The van der Waals surface area contributed by atoms with Gasteiger partial charge in [-0.3, -0.25) is 4.79 Å². The van der Waals surface area contributed by atoms with Crippen LogP contribution in [-0.2, 0) is 17.4 Å². The number of carbonyl (C=O) groups is 1. The van der Waals surface area contributed by atoms with Gasteiger partial charge in [-0.2, -0.15) is 22.0 Å². The fourth-order valence-corrected chi connectivity index (χ4v) is 1.38. The summed E-state index contributed by atoms with van der Waals surface area (Å²) in [5.74, 6) is -1.85. The molecule has 0 amide bonds. The number of halogens is 5. The van der Waals surface area contributed by atoms with E-state index in [1.54, 1.807) is 0 Å². The van der Waals surface area contributed by atoms with Crippen molar-refractivity contribution in [3.63, 3.8) is 0 Å². The Kier molecular flexibility index (Phi) is 4.68. The Labute approximate surface area is 104 Å². The van der Waals surface area contributed by atoms with Crippen molar-refractivity contribution in [2.45, 2.75) is 25.6 Å². The maximum atomic E-state index is 12.4. The third-order valence-corrected chi connectivity index (χ3v) is 2.22. The summed E-state index contributed by atoms with van der Waals surface area (Å²) < 4.78 is 65.4. The molecule has 0 spiro atoms. The molecule has 0 fully saturated rings. The van der Waals surface area contributed by atoms with Crippen LogP contribution in [-0.4, -0.2) is 17.7 Å². The van der Waals surface area contributed by atoms with E-state index in [0.29, 0.717) is 12.1 Å². The van der Waals surface area contributed by atoms with Crippen molar-refractivity contribution in [3.8, 4) is 5.75 Å². The zero-order valence-corrected chi connectivity index (χ0v) is 9.38. The van der Waals surface area contributed by atoms with Gasteiger partial charge in [0.25, 0.3) is 0 Å². The average molecular weight is 284 g/mol. The second kappa shape index (κ2) is 5.85. The maximum Gasteiger partial charge on any atom is 0.416 e. The first-order valence-corrected chi connectivity index (χ1v) is 5.07. The van der Waals surface area contributed by atoms with E-state index in [1.165, 1.54) is 0 Å². The Hall–Kier alpha value is -1.86. The second-order valence-electron chi connectivity index (χ2n) is 3.59. The molecule has 8 heteroatoms. The Bertz CT molecular complexity index is 456. The van der Waals surface area contributed by atoms with E-state index in [2.05, 4.69) is 4.74 Å². The van der Waals surface area contributed by atoms with Gasteiger partial charge < -0.3 is 9.84 Å². The summed E-state index contributed by atoms with van der Waals surface area (Å²) in [6.45, 7) is -3.29. The Balaban J connectivity index is 3.05. The maximum absolute atomic E-state index is 12.4. The fraction of sp³-hybridized carbons (Fsp3) is 0.364. The monoisotopic (exact) mass is 284 g/mol. The summed E-state index contributed by atoms with van der Waals surface area (Å²) in [6.07, 6.45) is -5.29. The first kappa shape index (κ1) is 15.2. The zero-order valence-electron chi connectivity index (χ0n) is 9.38. The first-order valence-electron chi connectivity index (χ1n) is 5.07. The Morgan fingerprint density at radius 1 is 1.32 bits per heavy atom. The lowest BCUT2D eigenvalue weighted by molar-refractivity contribution is -0.138. The number of aryl methyl sites for hydroxylation is 1. The third kappa shape index (κ3) is 4.72. The smallest absolute Gasteiger partial charge is 0.416 e. The number of carboxylic acid groups (broad SMARTS) is 1. The molecular formula is C11H9F5O3. The second-order valence-corrected chi connectivity index (χ2v) is 3.59. The molecule has 1 aromatic carbocycles. The lowest BCUT2D eigenvalue weighted by Gasteiger charge is -2.13. The number of alkyl halides is 5. The highest BCUT2D eigenvalue weighted by Crippen LogP contribution is 2.34. The lowest BCUT2D eigenvalue weighted by Crippen LogP contribution is -2.10. The number of hydrogen-bond donors (Lipinski definition) is 1. The van der Waals surface area contributed by atoms with E-state index in [9.17, 15) is 26.7 Å². The molecule has 0 bridgehead atoms. The molecule has 0 aliphatic carbocycles. The van der Waals surface area contributed by atoms with Crippen LogP contribution in [0.5, 0.6) is 5.75 Å². The number of aliphatic carboxylic acids is 1. The molecule has 0 radical (unpaired) electrons. The van der Waals surface area contributed by atoms with Crippen LogP contribution >= 0.6 is 0 Å². The summed E-state index contributed by atoms with van der Waals surface area (Å²) in [5.41, 5.74) is -1.15. The largest absolute Gasteiger partial charge is 0.481 e. The highest BCUT2D eigenvalue weighted by molar-refractivity contribution is 5.67. The van der Waals surface area contributed by atoms with E-state index in [4.69, 9.17) is 5.11 Å². The molecule has 19 heavy (non-hydrogen) atoms. The minimum atomic E-state index is -4.69. The minimum Gasteiger partial charge on any atom is -0.481 e. The number of ether oxygens (including phenoxy) is 1. The van der Waals surface area contributed by atoms with Crippen molar-refractivity contribution in [1.29, 1.82) is 0 Å². The zero-order chi connectivity index (χ0) is 14.6. The predicted molar refractivity (Wildman–Crippen MR) is 54.0 cm³/mol. The van der Waals surface area contributed by atoms with Gasteiger partial charge in [-0.15, -0.1) is 0 Å². The van der Waals surface area contributed by atoms with E-state index in [-0.39, 0.29) is 12.0 Å². The first-order chi connectivity index (χ1) is 8.70. The molecule has 0 atom stereocenters. The van der Waals surface area contributed by atoms with E-state index in [0.717, 1.165) is 6.07 Å². The van der Waals surface area contributed by atoms with E-state index >= 15 is 0 Å². The van der Waals surface area contributed by atoms with Crippen molar-refractivity contribution >= 4 is 5.97 Å². The van der Waals surface area contributed by atoms with Crippen LogP contribution in [0.2, 0.25) is 0 Å². The quantitative estimate of drug-likeness (QED) is 0.844. The number of benzene rings is 1. The van der Waals surface area contributed by atoms with E-state index in [1.807, 2.05) is 0 Å². The van der Waals surface area contributed by atoms with Crippen LogP contribution in [0.15, 0.2) is 18.2 Å². The SMILES string of the molecule is O=C(O)CCc1ccc(C(F)(F)F)cc1OC(F)F. The van der Waals surface area contributed by atoms with Crippen LogP contribution < -0.4 is 4.74 Å². The van der Waals surface area contributed by atoms with Gasteiger partial charge in [0.15, 0.2) is 0 Å². The molecule has 1 rings (SSSR count). The predicted octanol–water partition coefficient (Wildman–Crippen LogP) is 3.32. The molecule has 0 aliphatic rings. The molecule has 1 N–H and O–H groups in total. The van der Waals surface area contributed by atoms with Gasteiger partial charge in [-0.1, -0.05) is 6.07 Å². The summed E-state index contributed by atoms with van der Waals surface area (Å²) in [4.78, 5) is 10.4. The average Bonchev–Trinajstić information content (AvgIpc) is 2.25. The molecule has 0 aromatic heterocycles. The lowest BCUT2D eigenvalue weighted by atomic mass is 10.1. The normalized spacial score (nSPS) is 11.7. The Morgan fingerprint density at radius 2 is 1.95 bits per heavy atom. The van der Waals surface area contributed by atoms with Crippen LogP contribution in [0, 0.1) is 0 Å². The number of rotatable bonds is 5. The van der Waals surface area contributed by atoms with E-state index < -0.39 is 36.5 Å². The summed E-state index contributed by atoms with van der Waals surface area (Å²) >= 11 is 0. The van der Waals surface area contributed by atoms with Gasteiger partial charge >= 0.3 is 18.8 Å². The van der Waals surface area contributed by atoms with Gasteiger partial charge in [0.05, 0.1) is 5.56 Å². The van der Waals surface area contributed by atoms with Crippen LogP contribution in [0.4, 0.5) is 22.0 Å². The molecule has 3 nitrogen and oxygen atoms in total. The molecule has 0 heterocycles. The summed E-state index contributed by atoms with van der Waals surface area (Å²) in [6, 6.07) is 2.06. The number of carboxylic acids is 1. The fourth-order valence-electron chi connectivity index (χ4n) is 1.38. The molecule has 106 valence electrons. The van der Waals surface area contributed by atoms with Gasteiger partial charge in [0.2, 0.25) is 0 Å². The number of hydrogen-bond acceptors (Lipinski definition) is 2. The summed E-state index contributed by atoms with van der Waals surface area (Å²) in [7, 11) is 0. The van der Waals surface area contributed by atoms with Crippen LogP contribution in [0.25, 0.3) is 0 Å². The summed E-state index contributed by atoms with van der Waals surface area (Å²) in [5, 5.41) is 8.46. The molecule has 0 aliphatic heterocycles. The van der Waals surface area contributed by atoms with Gasteiger partial charge in [-0.05, 0) is 24.1 Å². The standard InChI is InChI=1S/C11H9F5O3/c12-10(13)19-8-5-7(11(14,15)16)3-1-6(8)2-4-9(17)18/h1,3,5,10H,2,4H2,(H,17,18). The third-order valence-electron chi connectivity index (χ3n) is 2.22. The molecular weight excluding hydrogens is 275 g/mol. The highest BCUT2D eigenvalue weighted by Gasteiger charge is 2.31. The van der Waals surface area contributed by atoms with Gasteiger partial charge in [0, 0.05) is 6.42 Å². The van der Waals surface area contributed by atoms with Crippen molar-refractivity contribution in [2.75, 3.05) is 0 Å². The molecule has 0 saturated carbocycles. The van der Waals surface area contributed by atoms with Gasteiger partial charge in [0.1, 0.15) is 5.75 Å². The van der Waals surface area contributed by atoms with Crippen LogP contribution in [0.3, 0.4) is 0 Å². The molecule has 0 saturated heterocycles. The van der Waals surface area contributed by atoms with Gasteiger partial charge in [-0.25, -0.2) is 0 Å². The Morgan fingerprint density at radius 3 is 2.42 bits per heavy atom. The van der Waals surface area contributed by atoms with Crippen molar-refractivity contribution < 1.29 is 36.6 Å². The highest BCUT2D eigenvalue weighted by atomic mass is 19.4. The van der Waals surface area contributed by atoms with Crippen molar-refractivity contribution in [2.24, 2.45) is 0 Å². The minimum absolute atomic E-state index is 0.0179. The van der Waals surface area contributed by atoms with Crippen molar-refractivity contribution in [1.82, 2.24) is 0 Å². The van der Waals surface area contributed by atoms with Crippen LogP contribution in [0.1, 0.15) is 17.5 Å². The molecule has 0 unspecified atom stereocenters. The topological polar surface area (TPSA) is 46.5 Å². The molecule has 1 aromatic rings.